The van der Waals surface area contributed by atoms with Crippen molar-refractivity contribution in [1.82, 2.24) is 14.9 Å². The minimum absolute atomic E-state index is 0.0101. The van der Waals surface area contributed by atoms with Gasteiger partial charge in [0, 0.05) is 34.5 Å². The number of fused-ring (bicyclic) bond motifs is 1. The largest absolute Gasteiger partial charge is 0.414 e. The van der Waals surface area contributed by atoms with Gasteiger partial charge in [0.2, 0.25) is 17.6 Å². The Kier molecular flexibility index (Phi) is 10.8. The summed E-state index contributed by atoms with van der Waals surface area (Å²) in [7, 11) is -4.32. The molecule has 2 aliphatic rings. The Morgan fingerprint density at radius 1 is 1.23 bits per heavy atom. The van der Waals surface area contributed by atoms with Crippen molar-refractivity contribution in [3.8, 4) is 0 Å². The summed E-state index contributed by atoms with van der Waals surface area (Å²) in [6, 6.07) is 4.81. The van der Waals surface area contributed by atoms with Crippen LogP contribution in [0.2, 0.25) is 36.3 Å². The lowest BCUT2D eigenvalue weighted by Gasteiger charge is -2.40. The number of aromatic nitrogens is 2. The number of aliphatic hydroxyl groups is 1. The summed E-state index contributed by atoms with van der Waals surface area (Å²) in [5.74, 6) is -0.982. The van der Waals surface area contributed by atoms with Crippen LogP contribution >= 0.6 is 22.6 Å². The van der Waals surface area contributed by atoms with Crippen molar-refractivity contribution < 1.29 is 28.4 Å². The van der Waals surface area contributed by atoms with Crippen LogP contribution in [0.5, 0.6) is 0 Å². The predicted molar refractivity (Wildman–Crippen MR) is 199 cm³/mol. The normalized spacial score (nSPS) is 24.0. The Bertz CT molecular complexity index is 1590. The first kappa shape index (κ1) is 38.6. The number of carbonyl (C=O) groups excluding carboxylic acids is 1. The highest BCUT2D eigenvalue weighted by atomic mass is 127. The van der Waals surface area contributed by atoms with Crippen molar-refractivity contribution in [3.05, 3.63) is 49.5 Å². The van der Waals surface area contributed by atoms with E-state index < -0.39 is 45.3 Å². The molecule has 3 N–H and O–H groups in total. The van der Waals surface area contributed by atoms with Gasteiger partial charge in [-0.25, -0.2) is 9.98 Å². The zero-order valence-corrected chi connectivity index (χ0v) is 34.3. The highest BCUT2D eigenvalue weighted by Gasteiger charge is 2.50. The lowest BCUT2D eigenvalue weighted by Crippen LogP contribution is -2.48. The van der Waals surface area contributed by atoms with E-state index in [-0.39, 0.29) is 45.2 Å². The van der Waals surface area contributed by atoms with E-state index in [1.807, 2.05) is 22.6 Å². The maximum atomic E-state index is 12.3. The van der Waals surface area contributed by atoms with Crippen LogP contribution in [-0.4, -0.2) is 66.9 Å². The van der Waals surface area contributed by atoms with Crippen molar-refractivity contribution in [3.63, 3.8) is 0 Å². The van der Waals surface area contributed by atoms with Gasteiger partial charge in [-0.1, -0.05) is 54.5 Å². The minimum Gasteiger partial charge on any atom is -0.414 e. The molecule has 48 heavy (non-hydrogen) atoms. The number of rotatable bonds is 9. The van der Waals surface area contributed by atoms with Crippen LogP contribution < -0.4 is 10.6 Å². The first-order valence-corrected chi connectivity index (χ1v) is 23.1. The topological polar surface area (TPSA) is 162 Å². The van der Waals surface area contributed by atoms with Gasteiger partial charge in [0.25, 0.3) is 5.69 Å². The maximum Gasteiger partial charge on any atom is 0.274 e. The fraction of sp³-hybridized carbons (Fsp3) is 0.656. The monoisotopic (exact) mass is 814 g/mol. The lowest BCUT2D eigenvalue weighted by atomic mass is 9.86. The number of anilines is 1. The first-order valence-electron chi connectivity index (χ1n) is 16.2. The highest BCUT2D eigenvalue weighted by molar-refractivity contribution is 14.1. The molecule has 2 unspecified atom stereocenters. The fourth-order valence-corrected chi connectivity index (χ4v) is 8.18. The van der Waals surface area contributed by atoms with Crippen molar-refractivity contribution in [2.75, 3.05) is 11.9 Å². The van der Waals surface area contributed by atoms with E-state index in [0.717, 1.165) is 0 Å². The van der Waals surface area contributed by atoms with Gasteiger partial charge >= 0.3 is 0 Å². The van der Waals surface area contributed by atoms with Crippen LogP contribution in [0.4, 0.5) is 11.5 Å². The van der Waals surface area contributed by atoms with Gasteiger partial charge in [0.05, 0.1) is 24.0 Å². The zero-order chi connectivity index (χ0) is 36.2. The molecule has 266 valence electrons. The van der Waals surface area contributed by atoms with Crippen molar-refractivity contribution >= 4 is 62.6 Å². The van der Waals surface area contributed by atoms with E-state index in [2.05, 4.69) is 88.3 Å². The molecule has 0 saturated carbocycles. The molecule has 1 aromatic heterocycles. The molecule has 0 aliphatic carbocycles. The number of aliphatic imine (C=N–C) groups is 1. The summed E-state index contributed by atoms with van der Waals surface area (Å²) in [5, 5.41) is 30.1. The molecule has 1 amide bonds. The number of guanidine groups is 1. The van der Waals surface area contributed by atoms with Gasteiger partial charge in [0.1, 0.15) is 23.8 Å². The predicted octanol–water partition coefficient (Wildman–Crippen LogP) is 6.96. The maximum absolute atomic E-state index is 12.3. The molecular formula is C32H51IN6O7Si2. The van der Waals surface area contributed by atoms with Gasteiger partial charge in [0.15, 0.2) is 16.6 Å². The minimum atomic E-state index is -2.22. The number of carbonyl (C=O) groups is 1. The van der Waals surface area contributed by atoms with E-state index in [1.165, 1.54) is 13.0 Å². The third-order valence-corrected chi connectivity index (χ3v) is 20.0. The van der Waals surface area contributed by atoms with Gasteiger partial charge in [-0.3, -0.25) is 24.8 Å². The number of imidazole rings is 1. The molecule has 1 saturated heterocycles. The SMILES string of the molecule is CC(=O)NC1=NC(O)(C(C)c2ccc(I)cc2[N+](=O)[O-])c2ncn([C@H]3C[C@H](O[Si](C)(C)C(C)(C)C)[C@@H](CO[Si](C)(C)C(C)(C)C)O3)c2N1. The van der Waals surface area contributed by atoms with Gasteiger partial charge < -0.3 is 24.0 Å². The van der Waals surface area contributed by atoms with Crippen LogP contribution in [0.15, 0.2) is 29.5 Å². The number of benzene rings is 1. The molecule has 0 spiro atoms. The molecule has 1 fully saturated rings. The second-order valence-corrected chi connectivity index (χ2v) is 26.7. The summed E-state index contributed by atoms with van der Waals surface area (Å²) in [6.07, 6.45) is 0.870. The number of nitro benzene ring substituents is 1. The van der Waals surface area contributed by atoms with Gasteiger partial charge in [-0.2, -0.15) is 0 Å². The number of hydrogen-bond donors (Lipinski definition) is 3. The average Bonchev–Trinajstić information content (AvgIpc) is 3.53. The molecule has 16 heteroatoms. The number of nitrogens with one attached hydrogen (secondary N) is 2. The quantitative estimate of drug-likeness (QED) is 0.105. The molecular weight excluding hydrogens is 763 g/mol. The number of amides is 1. The average molecular weight is 815 g/mol. The smallest absolute Gasteiger partial charge is 0.274 e. The Hall–Kier alpha value is -2.23. The van der Waals surface area contributed by atoms with Crippen LogP contribution in [0.3, 0.4) is 0 Å². The van der Waals surface area contributed by atoms with Crippen LogP contribution in [0, 0.1) is 13.7 Å². The molecule has 2 aromatic rings. The summed E-state index contributed by atoms with van der Waals surface area (Å²) in [6.45, 7) is 25.4. The third-order valence-electron chi connectivity index (χ3n) is 10.4. The molecule has 4 rings (SSSR count). The van der Waals surface area contributed by atoms with Crippen molar-refractivity contribution in [1.29, 1.82) is 0 Å². The fourth-order valence-electron chi connectivity index (χ4n) is 5.33. The molecule has 13 nitrogen and oxygen atoms in total. The molecule has 5 atom stereocenters. The molecule has 3 heterocycles. The second-order valence-electron chi connectivity index (χ2n) is 15.9. The molecule has 0 radical (unpaired) electrons. The van der Waals surface area contributed by atoms with E-state index >= 15 is 0 Å². The lowest BCUT2D eigenvalue weighted by molar-refractivity contribution is -0.386. The van der Waals surface area contributed by atoms with Gasteiger partial charge in [-0.15, -0.1) is 0 Å². The number of ether oxygens (including phenoxy) is 1. The summed E-state index contributed by atoms with van der Waals surface area (Å²) in [4.78, 5) is 32.8. The van der Waals surface area contributed by atoms with E-state index in [1.54, 1.807) is 30.0 Å². The van der Waals surface area contributed by atoms with Crippen LogP contribution in [0.25, 0.3) is 0 Å². The van der Waals surface area contributed by atoms with E-state index in [0.29, 0.717) is 22.4 Å². The summed E-state index contributed by atoms with van der Waals surface area (Å²) in [5.41, 5.74) is -1.78. The van der Waals surface area contributed by atoms with E-state index in [4.69, 9.17) is 13.6 Å². The molecule has 2 aliphatic heterocycles. The Morgan fingerprint density at radius 2 is 1.85 bits per heavy atom. The molecule has 0 bridgehead atoms. The zero-order valence-electron chi connectivity index (χ0n) is 30.1. The van der Waals surface area contributed by atoms with Crippen LogP contribution in [-0.2, 0) is 24.1 Å². The second kappa shape index (κ2) is 13.5. The number of hydrogen-bond acceptors (Lipinski definition) is 10. The standard InChI is InChI=1S/C32H51IN6O7Si2/c1-19(22-14-13-21(33)15-23(22)39(42)43)32(41)27-28(36-29(37-32)35-20(2)40)38(18-34-27)26-16-24(46-48(11,12)31(6,7)8)25(45-26)17-44-47(9,10)30(3,4)5/h13-15,18-19,24-26,41H,16-17H2,1-12H3,(H2,35,36,37,40)/t19?,24-,25+,26+,32?/m0/s1. The van der Waals surface area contributed by atoms with Crippen molar-refractivity contribution in [2.45, 2.75) is 128 Å². The van der Waals surface area contributed by atoms with Crippen molar-refractivity contribution in [2.24, 2.45) is 4.99 Å². The third kappa shape index (κ3) is 7.73. The molecule has 1 aromatic carbocycles. The highest BCUT2D eigenvalue weighted by Crippen LogP contribution is 2.48. The number of nitrogens with zero attached hydrogens (tertiary/aromatic N) is 4. The first-order chi connectivity index (χ1) is 21.9. The number of nitro groups is 1. The van der Waals surface area contributed by atoms with Gasteiger partial charge in [-0.05, 0) is 64.9 Å². The Labute approximate surface area is 299 Å². The Morgan fingerprint density at radius 3 is 2.42 bits per heavy atom. The summed E-state index contributed by atoms with van der Waals surface area (Å²) >= 11 is 2.01. The van der Waals surface area contributed by atoms with E-state index in [9.17, 15) is 20.0 Å². The Balaban J connectivity index is 1.76. The summed E-state index contributed by atoms with van der Waals surface area (Å²) < 4.78 is 22.8. The van der Waals surface area contributed by atoms with Crippen LogP contribution in [0.1, 0.15) is 85.2 Å². The number of halogens is 1.